The summed E-state index contributed by atoms with van der Waals surface area (Å²) in [7, 11) is -6.64. The quantitative estimate of drug-likeness (QED) is 0.772. The molecule has 19 heavy (non-hydrogen) atoms. The number of nitrogen functional groups attached to an aromatic ring is 1. The number of sulfonamides is 1. The van der Waals surface area contributed by atoms with Crippen molar-refractivity contribution in [2.24, 2.45) is 0 Å². The van der Waals surface area contributed by atoms with Gasteiger partial charge in [-0.15, -0.1) is 0 Å². The van der Waals surface area contributed by atoms with Gasteiger partial charge < -0.3 is 5.73 Å². The molecule has 0 spiro atoms. The lowest BCUT2D eigenvalue weighted by Crippen LogP contribution is -2.40. The second kappa shape index (κ2) is 5.10. The summed E-state index contributed by atoms with van der Waals surface area (Å²) in [5.41, 5.74) is 5.92. The third-order valence-electron chi connectivity index (χ3n) is 3.04. The molecule has 0 bridgehead atoms. The Balaban J connectivity index is 2.11. The third kappa shape index (κ3) is 3.68. The van der Waals surface area contributed by atoms with Gasteiger partial charge in [-0.05, 0) is 31.0 Å². The van der Waals surface area contributed by atoms with Crippen LogP contribution in [0.3, 0.4) is 0 Å². The zero-order valence-corrected chi connectivity index (χ0v) is 11.9. The molecule has 2 rings (SSSR count). The van der Waals surface area contributed by atoms with Gasteiger partial charge in [0, 0.05) is 11.7 Å². The Morgan fingerprint density at radius 3 is 2.42 bits per heavy atom. The van der Waals surface area contributed by atoms with Gasteiger partial charge in [-0.1, -0.05) is 6.07 Å². The predicted molar refractivity (Wildman–Crippen MR) is 72.9 cm³/mol. The van der Waals surface area contributed by atoms with Crippen LogP contribution in [0, 0.1) is 0 Å². The predicted octanol–water partition coefficient (Wildman–Crippen LogP) is 0.124. The van der Waals surface area contributed by atoms with Crippen molar-refractivity contribution in [1.82, 2.24) is 4.72 Å². The Morgan fingerprint density at radius 1 is 1.21 bits per heavy atom. The summed E-state index contributed by atoms with van der Waals surface area (Å²) in [6, 6.07) is 5.66. The Bertz CT molecular complexity index is 654. The maximum Gasteiger partial charge on any atom is 0.240 e. The molecule has 0 aromatic heterocycles. The zero-order valence-electron chi connectivity index (χ0n) is 10.2. The molecule has 1 heterocycles. The smallest absolute Gasteiger partial charge is 0.240 e. The van der Waals surface area contributed by atoms with E-state index in [-0.39, 0.29) is 22.4 Å². The Morgan fingerprint density at radius 2 is 1.84 bits per heavy atom. The number of rotatable bonds is 3. The van der Waals surface area contributed by atoms with E-state index >= 15 is 0 Å². The van der Waals surface area contributed by atoms with Crippen molar-refractivity contribution < 1.29 is 16.8 Å². The molecule has 1 aliphatic heterocycles. The van der Waals surface area contributed by atoms with Gasteiger partial charge in [0.2, 0.25) is 10.0 Å². The number of sulfone groups is 1. The Hall–Kier alpha value is -1.12. The molecule has 1 aromatic carbocycles. The third-order valence-corrected chi connectivity index (χ3v) is 6.28. The summed E-state index contributed by atoms with van der Waals surface area (Å²) in [4.78, 5) is 0.0981. The van der Waals surface area contributed by atoms with E-state index in [1.807, 2.05) is 0 Å². The molecular formula is C11H16N2O4S2. The number of hydrogen-bond acceptors (Lipinski definition) is 5. The molecule has 1 aromatic rings. The SMILES string of the molecule is Nc1cccc(S(=O)(=O)NC2CCS(=O)(=O)CC2)c1. The molecule has 0 radical (unpaired) electrons. The normalized spacial score (nSPS) is 20.2. The molecule has 8 heteroatoms. The first-order valence-electron chi connectivity index (χ1n) is 5.87. The summed E-state index contributed by atoms with van der Waals surface area (Å²) in [6.07, 6.45) is 0.619. The van der Waals surface area contributed by atoms with E-state index in [9.17, 15) is 16.8 Å². The highest BCUT2D eigenvalue weighted by Gasteiger charge is 2.27. The number of nitrogens with two attached hydrogens (primary N) is 1. The monoisotopic (exact) mass is 304 g/mol. The second-order valence-corrected chi connectivity index (χ2v) is 8.64. The lowest BCUT2D eigenvalue weighted by atomic mass is 10.2. The van der Waals surface area contributed by atoms with Gasteiger partial charge in [-0.3, -0.25) is 0 Å². The van der Waals surface area contributed by atoms with Gasteiger partial charge in [0.1, 0.15) is 9.84 Å². The van der Waals surface area contributed by atoms with Gasteiger partial charge in [-0.25, -0.2) is 21.6 Å². The molecule has 1 saturated heterocycles. The molecule has 3 N–H and O–H groups in total. The fraction of sp³-hybridized carbons (Fsp3) is 0.455. The number of hydrogen-bond donors (Lipinski definition) is 2. The summed E-state index contributed by atoms with van der Waals surface area (Å²) in [5, 5.41) is 0. The molecule has 0 unspecified atom stereocenters. The number of benzene rings is 1. The van der Waals surface area contributed by atoms with E-state index in [1.54, 1.807) is 12.1 Å². The first-order chi connectivity index (χ1) is 8.78. The Labute approximate surface area is 113 Å². The zero-order chi connectivity index (χ0) is 14.1. The average Bonchev–Trinajstić information content (AvgIpc) is 2.32. The molecule has 106 valence electrons. The van der Waals surface area contributed by atoms with Crippen LogP contribution in [-0.4, -0.2) is 34.4 Å². The molecular weight excluding hydrogens is 288 g/mol. The van der Waals surface area contributed by atoms with E-state index in [1.165, 1.54) is 12.1 Å². The topological polar surface area (TPSA) is 106 Å². The lowest BCUT2D eigenvalue weighted by molar-refractivity contribution is 0.505. The van der Waals surface area contributed by atoms with Gasteiger partial charge in [0.05, 0.1) is 16.4 Å². The molecule has 6 nitrogen and oxygen atoms in total. The lowest BCUT2D eigenvalue weighted by Gasteiger charge is -2.22. The minimum atomic E-state index is -3.64. The molecule has 1 aliphatic rings. The summed E-state index contributed by atoms with van der Waals surface area (Å²) < 4.78 is 49.3. The van der Waals surface area contributed by atoms with Crippen molar-refractivity contribution in [2.45, 2.75) is 23.8 Å². The van der Waals surface area contributed by atoms with Crippen LogP contribution < -0.4 is 10.5 Å². The van der Waals surface area contributed by atoms with E-state index in [0.29, 0.717) is 18.5 Å². The fourth-order valence-electron chi connectivity index (χ4n) is 1.98. The van der Waals surface area contributed by atoms with E-state index in [2.05, 4.69) is 4.72 Å². The van der Waals surface area contributed by atoms with Crippen LogP contribution in [-0.2, 0) is 19.9 Å². The van der Waals surface area contributed by atoms with Crippen molar-refractivity contribution in [3.05, 3.63) is 24.3 Å². The maximum absolute atomic E-state index is 12.1. The van der Waals surface area contributed by atoms with Crippen molar-refractivity contribution in [3.63, 3.8) is 0 Å². The van der Waals surface area contributed by atoms with Gasteiger partial charge in [0.15, 0.2) is 0 Å². The van der Waals surface area contributed by atoms with E-state index in [0.717, 1.165) is 0 Å². The first kappa shape index (κ1) is 14.3. The van der Waals surface area contributed by atoms with Gasteiger partial charge >= 0.3 is 0 Å². The standard InChI is InChI=1S/C11H16N2O4S2/c12-9-2-1-3-11(8-9)19(16,17)13-10-4-6-18(14,15)7-5-10/h1-3,8,10,13H,4-7,12H2. The fourth-order valence-corrected chi connectivity index (χ4v) is 4.83. The minimum absolute atomic E-state index is 0.0249. The average molecular weight is 304 g/mol. The number of nitrogens with one attached hydrogen (secondary N) is 1. The van der Waals surface area contributed by atoms with Crippen LogP contribution in [0.4, 0.5) is 5.69 Å². The van der Waals surface area contributed by atoms with Crippen molar-refractivity contribution in [2.75, 3.05) is 17.2 Å². The second-order valence-electron chi connectivity index (χ2n) is 4.62. The van der Waals surface area contributed by atoms with Gasteiger partial charge in [0.25, 0.3) is 0 Å². The highest BCUT2D eigenvalue weighted by Crippen LogP contribution is 2.17. The molecule has 0 saturated carbocycles. The van der Waals surface area contributed by atoms with Crippen molar-refractivity contribution >= 4 is 25.5 Å². The molecule has 1 fully saturated rings. The van der Waals surface area contributed by atoms with E-state index in [4.69, 9.17) is 5.73 Å². The van der Waals surface area contributed by atoms with Gasteiger partial charge in [-0.2, -0.15) is 0 Å². The first-order valence-corrected chi connectivity index (χ1v) is 9.17. The highest BCUT2D eigenvalue weighted by molar-refractivity contribution is 7.91. The van der Waals surface area contributed by atoms with Crippen molar-refractivity contribution in [1.29, 1.82) is 0 Å². The minimum Gasteiger partial charge on any atom is -0.399 e. The highest BCUT2D eigenvalue weighted by atomic mass is 32.2. The number of anilines is 1. The van der Waals surface area contributed by atoms with Crippen LogP contribution in [0.2, 0.25) is 0 Å². The summed E-state index contributed by atoms with van der Waals surface area (Å²) in [6.45, 7) is 0. The summed E-state index contributed by atoms with van der Waals surface area (Å²) >= 11 is 0. The molecule has 0 aliphatic carbocycles. The Kier molecular flexibility index (Phi) is 3.84. The molecule has 0 amide bonds. The van der Waals surface area contributed by atoms with Crippen LogP contribution >= 0.6 is 0 Å². The maximum atomic E-state index is 12.1. The molecule has 0 atom stereocenters. The van der Waals surface area contributed by atoms with Crippen molar-refractivity contribution in [3.8, 4) is 0 Å². The van der Waals surface area contributed by atoms with Crippen LogP contribution in [0.1, 0.15) is 12.8 Å². The summed E-state index contributed by atoms with van der Waals surface area (Å²) in [5.74, 6) is 0.0498. The van der Waals surface area contributed by atoms with Crippen LogP contribution in [0.15, 0.2) is 29.2 Å². The van der Waals surface area contributed by atoms with Crippen LogP contribution in [0.25, 0.3) is 0 Å². The largest absolute Gasteiger partial charge is 0.399 e. The van der Waals surface area contributed by atoms with E-state index < -0.39 is 19.9 Å². The van der Waals surface area contributed by atoms with Crippen LogP contribution in [0.5, 0.6) is 0 Å².